The van der Waals surface area contributed by atoms with E-state index in [1.807, 2.05) is 12.1 Å². The summed E-state index contributed by atoms with van der Waals surface area (Å²) < 4.78 is 5.50. The summed E-state index contributed by atoms with van der Waals surface area (Å²) in [7, 11) is 0. The molecule has 1 aliphatic rings. The van der Waals surface area contributed by atoms with Gasteiger partial charge in [-0.15, -0.1) is 0 Å². The maximum absolute atomic E-state index is 11.8. The van der Waals surface area contributed by atoms with Crippen LogP contribution in [0, 0.1) is 0 Å². The summed E-state index contributed by atoms with van der Waals surface area (Å²) in [5.74, 6) is 3.05. The number of hydrogen-bond donors (Lipinski definition) is 2. The molecule has 3 rings (SSSR count). The van der Waals surface area contributed by atoms with Gasteiger partial charge in [-0.25, -0.2) is 4.98 Å². The van der Waals surface area contributed by atoms with Crippen LogP contribution in [0.15, 0.2) is 24.3 Å². The maximum Gasteiger partial charge on any atom is 0.223 e. The summed E-state index contributed by atoms with van der Waals surface area (Å²) in [5, 5.41) is 10.7. The average Bonchev–Trinajstić information content (AvgIpc) is 3.31. The van der Waals surface area contributed by atoms with Gasteiger partial charge >= 0.3 is 0 Å². The monoisotopic (exact) mass is 348 g/mol. The zero-order valence-electron chi connectivity index (χ0n) is 13.4. The Morgan fingerprint density at radius 1 is 1.42 bits per heavy atom. The third kappa shape index (κ3) is 5.23. The molecule has 128 valence electrons. The highest BCUT2D eigenvalue weighted by molar-refractivity contribution is 6.30. The molecule has 1 aromatic carbocycles. The number of ether oxygens (including phenoxy) is 1. The highest BCUT2D eigenvalue weighted by Gasteiger charge is 2.27. The molecule has 2 aromatic rings. The van der Waals surface area contributed by atoms with Crippen molar-refractivity contribution in [3.8, 4) is 5.75 Å². The Labute approximate surface area is 146 Å². The fourth-order valence-electron chi connectivity index (χ4n) is 2.34. The first kappa shape index (κ1) is 16.8. The summed E-state index contributed by atoms with van der Waals surface area (Å²) in [5.41, 5.74) is 0. The van der Waals surface area contributed by atoms with E-state index in [1.54, 1.807) is 12.1 Å². The van der Waals surface area contributed by atoms with E-state index in [4.69, 9.17) is 16.3 Å². The minimum Gasteiger partial charge on any atom is -0.493 e. The Morgan fingerprint density at radius 2 is 2.29 bits per heavy atom. The van der Waals surface area contributed by atoms with E-state index in [0.29, 0.717) is 36.3 Å². The van der Waals surface area contributed by atoms with Gasteiger partial charge in [0.1, 0.15) is 11.6 Å². The summed E-state index contributed by atoms with van der Waals surface area (Å²) in [6.45, 7) is 0.953. The second kappa shape index (κ2) is 8.15. The molecule has 1 amide bonds. The molecule has 1 saturated carbocycles. The van der Waals surface area contributed by atoms with Gasteiger partial charge < -0.3 is 10.1 Å². The lowest BCUT2D eigenvalue weighted by Gasteiger charge is -2.07. The van der Waals surface area contributed by atoms with Crippen LogP contribution in [0.2, 0.25) is 5.02 Å². The van der Waals surface area contributed by atoms with Crippen molar-refractivity contribution in [3.63, 3.8) is 0 Å². The van der Waals surface area contributed by atoms with E-state index < -0.39 is 0 Å². The van der Waals surface area contributed by atoms with Crippen molar-refractivity contribution in [1.29, 1.82) is 0 Å². The fourth-order valence-corrected chi connectivity index (χ4v) is 2.52. The molecule has 1 aromatic heterocycles. The molecule has 0 bridgehead atoms. The van der Waals surface area contributed by atoms with Gasteiger partial charge in [0.25, 0.3) is 0 Å². The molecule has 0 unspecified atom stereocenters. The smallest absolute Gasteiger partial charge is 0.223 e. The number of nitrogens with one attached hydrogen (secondary N) is 2. The minimum absolute atomic E-state index is 0.0201. The Kier molecular flexibility index (Phi) is 5.69. The van der Waals surface area contributed by atoms with Gasteiger partial charge in [-0.1, -0.05) is 17.7 Å². The number of H-pyrrole nitrogens is 1. The number of carbonyl (C=O) groups is 1. The van der Waals surface area contributed by atoms with Crippen molar-refractivity contribution in [2.45, 2.75) is 38.0 Å². The van der Waals surface area contributed by atoms with Crippen LogP contribution in [0.5, 0.6) is 5.75 Å². The van der Waals surface area contributed by atoms with Crippen LogP contribution in [-0.2, 0) is 11.2 Å². The molecule has 2 N–H and O–H groups in total. The number of hydrogen-bond acceptors (Lipinski definition) is 4. The van der Waals surface area contributed by atoms with Crippen LogP contribution in [0.1, 0.15) is 43.3 Å². The highest BCUT2D eigenvalue weighted by Crippen LogP contribution is 2.37. The molecule has 1 heterocycles. The Hall–Kier alpha value is -2.08. The first-order valence-corrected chi connectivity index (χ1v) is 8.65. The second-order valence-corrected chi connectivity index (χ2v) is 6.36. The van der Waals surface area contributed by atoms with Gasteiger partial charge in [0.2, 0.25) is 5.91 Å². The summed E-state index contributed by atoms with van der Waals surface area (Å²) >= 11 is 5.87. The standard InChI is InChI=1S/C17H21ClN4O2/c18-13-3-1-4-14(11-13)24-10-8-16(23)19-9-2-5-15-20-17(22-21-15)12-6-7-12/h1,3-4,11-12H,2,5-10H2,(H,19,23)(H,20,21,22). The molecule has 0 aliphatic heterocycles. The van der Waals surface area contributed by atoms with Gasteiger partial charge in [-0.05, 0) is 37.5 Å². The van der Waals surface area contributed by atoms with Gasteiger partial charge in [-0.2, -0.15) is 5.10 Å². The van der Waals surface area contributed by atoms with Crippen molar-refractivity contribution < 1.29 is 9.53 Å². The van der Waals surface area contributed by atoms with Crippen LogP contribution < -0.4 is 10.1 Å². The van der Waals surface area contributed by atoms with E-state index in [0.717, 1.165) is 24.5 Å². The molecule has 0 radical (unpaired) electrons. The molecular formula is C17H21ClN4O2. The number of aromatic amines is 1. The van der Waals surface area contributed by atoms with E-state index >= 15 is 0 Å². The van der Waals surface area contributed by atoms with Gasteiger partial charge in [0.15, 0.2) is 5.82 Å². The predicted octanol–water partition coefficient (Wildman–Crippen LogP) is 2.85. The van der Waals surface area contributed by atoms with Crippen molar-refractivity contribution in [2.24, 2.45) is 0 Å². The number of nitrogens with zero attached hydrogens (tertiary/aromatic N) is 2. The number of amides is 1. The summed E-state index contributed by atoms with van der Waals surface area (Å²) in [6, 6.07) is 7.14. The molecule has 0 saturated heterocycles. The lowest BCUT2D eigenvalue weighted by molar-refractivity contribution is -0.121. The van der Waals surface area contributed by atoms with Gasteiger partial charge in [0, 0.05) is 23.9 Å². The van der Waals surface area contributed by atoms with Crippen LogP contribution in [-0.4, -0.2) is 34.2 Å². The van der Waals surface area contributed by atoms with Crippen LogP contribution in [0.25, 0.3) is 0 Å². The summed E-state index contributed by atoms with van der Waals surface area (Å²) in [6.07, 6.45) is 4.34. The van der Waals surface area contributed by atoms with Gasteiger partial charge in [-0.3, -0.25) is 9.89 Å². The topological polar surface area (TPSA) is 79.9 Å². The second-order valence-electron chi connectivity index (χ2n) is 5.92. The maximum atomic E-state index is 11.8. The van der Waals surface area contributed by atoms with E-state index in [-0.39, 0.29) is 5.91 Å². The van der Waals surface area contributed by atoms with E-state index in [1.165, 1.54) is 12.8 Å². The van der Waals surface area contributed by atoms with Crippen molar-refractivity contribution in [3.05, 3.63) is 40.9 Å². The Bertz CT molecular complexity index is 685. The number of aryl methyl sites for hydroxylation is 1. The summed E-state index contributed by atoms with van der Waals surface area (Å²) in [4.78, 5) is 16.2. The van der Waals surface area contributed by atoms with Crippen LogP contribution >= 0.6 is 11.6 Å². The molecule has 24 heavy (non-hydrogen) atoms. The normalized spacial score (nSPS) is 13.7. The van der Waals surface area contributed by atoms with E-state index in [9.17, 15) is 4.79 Å². The molecular weight excluding hydrogens is 328 g/mol. The third-order valence-electron chi connectivity index (χ3n) is 3.80. The van der Waals surface area contributed by atoms with Crippen LogP contribution in [0.4, 0.5) is 0 Å². The zero-order valence-corrected chi connectivity index (χ0v) is 14.2. The largest absolute Gasteiger partial charge is 0.493 e. The lowest BCUT2D eigenvalue weighted by atomic mass is 10.3. The number of carbonyl (C=O) groups excluding carboxylic acids is 1. The fraction of sp³-hybridized carbons (Fsp3) is 0.471. The van der Waals surface area contributed by atoms with Crippen molar-refractivity contribution in [1.82, 2.24) is 20.5 Å². The molecule has 1 aliphatic carbocycles. The lowest BCUT2D eigenvalue weighted by Crippen LogP contribution is -2.26. The molecule has 0 spiro atoms. The Morgan fingerprint density at radius 3 is 3.08 bits per heavy atom. The predicted molar refractivity (Wildman–Crippen MR) is 91.3 cm³/mol. The quantitative estimate of drug-likeness (QED) is 0.683. The first-order chi connectivity index (χ1) is 11.7. The highest BCUT2D eigenvalue weighted by atomic mass is 35.5. The van der Waals surface area contributed by atoms with E-state index in [2.05, 4.69) is 20.5 Å². The number of aromatic nitrogens is 3. The van der Waals surface area contributed by atoms with Crippen molar-refractivity contribution >= 4 is 17.5 Å². The molecule has 0 atom stereocenters. The third-order valence-corrected chi connectivity index (χ3v) is 4.03. The average molecular weight is 349 g/mol. The molecule has 6 nitrogen and oxygen atoms in total. The number of halogens is 1. The van der Waals surface area contributed by atoms with Gasteiger partial charge in [0.05, 0.1) is 13.0 Å². The Balaban J connectivity index is 1.26. The first-order valence-electron chi connectivity index (χ1n) is 8.27. The molecule has 7 heteroatoms. The van der Waals surface area contributed by atoms with Crippen LogP contribution in [0.3, 0.4) is 0 Å². The number of rotatable bonds is 9. The SMILES string of the molecule is O=C(CCOc1cccc(Cl)c1)NCCCc1nc(C2CC2)n[nH]1. The molecule has 1 fully saturated rings. The van der Waals surface area contributed by atoms with Crippen molar-refractivity contribution in [2.75, 3.05) is 13.2 Å². The number of benzene rings is 1. The minimum atomic E-state index is -0.0201. The zero-order chi connectivity index (χ0) is 16.8.